The summed E-state index contributed by atoms with van der Waals surface area (Å²) in [6, 6.07) is 18.0. The summed E-state index contributed by atoms with van der Waals surface area (Å²) in [7, 11) is 0. The van der Waals surface area contributed by atoms with Crippen molar-refractivity contribution in [3.63, 3.8) is 0 Å². The van der Waals surface area contributed by atoms with E-state index < -0.39 is 0 Å². The fourth-order valence-corrected chi connectivity index (χ4v) is 2.15. The summed E-state index contributed by atoms with van der Waals surface area (Å²) in [5.74, 6) is 1.20. The van der Waals surface area contributed by atoms with E-state index >= 15 is 0 Å². The predicted molar refractivity (Wildman–Crippen MR) is 87.1 cm³/mol. The van der Waals surface area contributed by atoms with Crippen LogP contribution in [0.2, 0.25) is 0 Å². The standard InChI is InChI=1S/C19H14N2O3/c20-12-14-6-8-16(9-7-14)23-19(22)11-10-18-21-13-17(24-18)15-4-2-1-3-5-15/h1-9,13H,10-11H2. The number of oxazole rings is 1. The molecule has 24 heavy (non-hydrogen) atoms. The molecule has 0 saturated carbocycles. The molecule has 118 valence electrons. The van der Waals surface area contributed by atoms with Crippen molar-refractivity contribution in [3.8, 4) is 23.1 Å². The molecule has 2 aromatic carbocycles. The second-order valence-corrected chi connectivity index (χ2v) is 5.09. The Morgan fingerprint density at radius 2 is 1.88 bits per heavy atom. The van der Waals surface area contributed by atoms with Crippen LogP contribution in [0.15, 0.2) is 65.2 Å². The highest BCUT2D eigenvalue weighted by Crippen LogP contribution is 2.20. The molecule has 0 amide bonds. The van der Waals surface area contributed by atoms with Crippen molar-refractivity contribution in [1.29, 1.82) is 5.26 Å². The Bertz CT molecular complexity index is 862. The molecule has 0 bridgehead atoms. The number of ether oxygens (including phenoxy) is 1. The average Bonchev–Trinajstić information content (AvgIpc) is 3.10. The second kappa shape index (κ2) is 7.25. The maximum Gasteiger partial charge on any atom is 0.311 e. The van der Waals surface area contributed by atoms with Crippen LogP contribution >= 0.6 is 0 Å². The van der Waals surface area contributed by atoms with Crippen LogP contribution in [0.1, 0.15) is 17.9 Å². The first-order valence-electron chi connectivity index (χ1n) is 7.45. The van der Waals surface area contributed by atoms with Crippen molar-refractivity contribution in [2.75, 3.05) is 0 Å². The fourth-order valence-electron chi connectivity index (χ4n) is 2.15. The molecule has 0 atom stereocenters. The zero-order valence-corrected chi connectivity index (χ0v) is 12.8. The van der Waals surface area contributed by atoms with Crippen LogP contribution < -0.4 is 4.74 Å². The Morgan fingerprint density at radius 1 is 1.12 bits per heavy atom. The molecule has 3 aromatic rings. The van der Waals surface area contributed by atoms with Gasteiger partial charge in [0, 0.05) is 12.0 Å². The number of benzene rings is 2. The third kappa shape index (κ3) is 3.87. The van der Waals surface area contributed by atoms with Gasteiger partial charge in [0.15, 0.2) is 11.7 Å². The zero-order valence-electron chi connectivity index (χ0n) is 12.8. The summed E-state index contributed by atoms with van der Waals surface area (Å²) in [5, 5.41) is 8.73. The Balaban J connectivity index is 1.55. The minimum absolute atomic E-state index is 0.161. The minimum Gasteiger partial charge on any atom is -0.441 e. The summed E-state index contributed by atoms with van der Waals surface area (Å²) >= 11 is 0. The lowest BCUT2D eigenvalue weighted by molar-refractivity contribution is -0.134. The van der Waals surface area contributed by atoms with Gasteiger partial charge in [0.2, 0.25) is 0 Å². The van der Waals surface area contributed by atoms with Crippen LogP contribution in [0.3, 0.4) is 0 Å². The smallest absolute Gasteiger partial charge is 0.311 e. The molecule has 0 aliphatic heterocycles. The molecule has 0 fully saturated rings. The van der Waals surface area contributed by atoms with E-state index in [0.717, 1.165) is 5.56 Å². The average molecular weight is 318 g/mol. The predicted octanol–water partition coefficient (Wildman–Crippen LogP) is 3.75. The highest BCUT2D eigenvalue weighted by Gasteiger charge is 2.10. The van der Waals surface area contributed by atoms with E-state index in [-0.39, 0.29) is 12.4 Å². The topological polar surface area (TPSA) is 76.1 Å². The normalized spacial score (nSPS) is 10.1. The first kappa shape index (κ1) is 15.5. The van der Waals surface area contributed by atoms with Crippen molar-refractivity contribution in [3.05, 3.63) is 72.2 Å². The molecule has 0 radical (unpaired) electrons. The molecule has 5 nitrogen and oxygen atoms in total. The van der Waals surface area contributed by atoms with E-state index in [9.17, 15) is 4.79 Å². The second-order valence-electron chi connectivity index (χ2n) is 5.09. The van der Waals surface area contributed by atoms with Crippen LogP contribution in [-0.2, 0) is 11.2 Å². The van der Waals surface area contributed by atoms with E-state index in [2.05, 4.69) is 4.98 Å². The number of carbonyl (C=O) groups excluding carboxylic acids is 1. The number of carbonyl (C=O) groups is 1. The van der Waals surface area contributed by atoms with Crippen molar-refractivity contribution in [2.45, 2.75) is 12.8 Å². The number of nitriles is 1. The van der Waals surface area contributed by atoms with Crippen molar-refractivity contribution in [1.82, 2.24) is 4.98 Å². The first-order valence-corrected chi connectivity index (χ1v) is 7.45. The van der Waals surface area contributed by atoms with E-state index in [4.69, 9.17) is 14.4 Å². The molecular formula is C19H14N2O3. The van der Waals surface area contributed by atoms with Crippen LogP contribution in [0.4, 0.5) is 0 Å². The maximum atomic E-state index is 11.9. The third-order valence-electron chi connectivity index (χ3n) is 3.37. The van der Waals surface area contributed by atoms with Crippen LogP contribution in [-0.4, -0.2) is 11.0 Å². The number of nitrogens with zero attached hydrogens (tertiary/aromatic N) is 2. The van der Waals surface area contributed by atoms with Gasteiger partial charge in [-0.1, -0.05) is 30.3 Å². The summed E-state index contributed by atoms with van der Waals surface area (Å²) in [4.78, 5) is 16.0. The molecule has 0 saturated heterocycles. The van der Waals surface area contributed by atoms with Crippen LogP contribution in [0.25, 0.3) is 11.3 Å². The summed E-state index contributed by atoms with van der Waals surface area (Å²) in [6.07, 6.45) is 2.17. The van der Waals surface area contributed by atoms with E-state index in [0.29, 0.717) is 29.4 Å². The maximum absolute atomic E-state index is 11.9. The van der Waals surface area contributed by atoms with Gasteiger partial charge in [-0.3, -0.25) is 4.79 Å². The van der Waals surface area contributed by atoms with Gasteiger partial charge in [-0.15, -0.1) is 0 Å². The quantitative estimate of drug-likeness (QED) is 0.529. The SMILES string of the molecule is N#Cc1ccc(OC(=O)CCc2ncc(-c3ccccc3)o2)cc1. The lowest BCUT2D eigenvalue weighted by Crippen LogP contribution is -2.09. The Morgan fingerprint density at radius 3 is 2.58 bits per heavy atom. The Labute approximate surface area is 139 Å². The molecule has 0 aliphatic rings. The largest absolute Gasteiger partial charge is 0.441 e. The van der Waals surface area contributed by atoms with Gasteiger partial charge in [0.25, 0.3) is 0 Å². The lowest BCUT2D eigenvalue weighted by Gasteiger charge is -2.03. The summed E-state index contributed by atoms with van der Waals surface area (Å²) in [6.45, 7) is 0. The fraction of sp³-hybridized carbons (Fsp3) is 0.105. The van der Waals surface area contributed by atoms with Crippen molar-refractivity contribution < 1.29 is 13.9 Å². The number of esters is 1. The van der Waals surface area contributed by atoms with Gasteiger partial charge < -0.3 is 9.15 Å². The Hall–Kier alpha value is -3.39. The molecular weight excluding hydrogens is 304 g/mol. The number of aromatic nitrogens is 1. The van der Waals surface area contributed by atoms with Crippen molar-refractivity contribution >= 4 is 5.97 Å². The first-order chi connectivity index (χ1) is 11.7. The van der Waals surface area contributed by atoms with Crippen LogP contribution in [0.5, 0.6) is 5.75 Å². The molecule has 0 unspecified atom stereocenters. The molecule has 0 aliphatic carbocycles. The van der Waals surface area contributed by atoms with E-state index in [1.165, 1.54) is 0 Å². The van der Waals surface area contributed by atoms with Gasteiger partial charge in [-0.25, -0.2) is 4.98 Å². The van der Waals surface area contributed by atoms with Crippen molar-refractivity contribution in [2.24, 2.45) is 0 Å². The summed E-state index contributed by atoms with van der Waals surface area (Å²) in [5.41, 5.74) is 1.46. The van der Waals surface area contributed by atoms with Gasteiger partial charge in [0.1, 0.15) is 5.75 Å². The van der Waals surface area contributed by atoms with E-state index in [1.54, 1.807) is 30.5 Å². The molecule has 3 rings (SSSR count). The minimum atomic E-state index is -0.376. The molecule has 0 N–H and O–H groups in total. The van der Waals surface area contributed by atoms with Gasteiger partial charge in [0.05, 0.1) is 24.3 Å². The number of hydrogen-bond donors (Lipinski definition) is 0. The monoisotopic (exact) mass is 318 g/mol. The number of aryl methyl sites for hydroxylation is 1. The Kier molecular flexibility index (Phi) is 4.68. The van der Waals surface area contributed by atoms with Gasteiger partial charge in [-0.05, 0) is 24.3 Å². The molecule has 0 spiro atoms. The molecule has 5 heteroatoms. The molecule has 1 heterocycles. The highest BCUT2D eigenvalue weighted by molar-refractivity contribution is 5.72. The summed E-state index contributed by atoms with van der Waals surface area (Å²) < 4.78 is 10.9. The van der Waals surface area contributed by atoms with Gasteiger partial charge in [-0.2, -0.15) is 5.26 Å². The van der Waals surface area contributed by atoms with Gasteiger partial charge >= 0.3 is 5.97 Å². The lowest BCUT2D eigenvalue weighted by atomic mass is 10.2. The molecule has 1 aromatic heterocycles. The zero-order chi connectivity index (χ0) is 16.8. The number of hydrogen-bond acceptors (Lipinski definition) is 5. The number of rotatable bonds is 5. The van der Waals surface area contributed by atoms with E-state index in [1.807, 2.05) is 36.4 Å². The highest BCUT2D eigenvalue weighted by atomic mass is 16.5. The van der Waals surface area contributed by atoms with Crippen LogP contribution in [0, 0.1) is 11.3 Å². The third-order valence-corrected chi connectivity index (χ3v) is 3.37.